The van der Waals surface area contributed by atoms with Gasteiger partial charge in [-0.1, -0.05) is 109 Å². The van der Waals surface area contributed by atoms with Gasteiger partial charge < -0.3 is 0 Å². The summed E-state index contributed by atoms with van der Waals surface area (Å²) in [7, 11) is 0. The number of allylic oxidation sites excluding steroid dienone is 1. The summed E-state index contributed by atoms with van der Waals surface area (Å²) in [5, 5.41) is 5.24. The second kappa shape index (κ2) is 6.46. The third kappa shape index (κ3) is 2.53. The first-order valence-corrected chi connectivity index (χ1v) is 10.2. The quantitative estimate of drug-likeness (QED) is 0.300. The van der Waals surface area contributed by atoms with Gasteiger partial charge in [0.1, 0.15) is 0 Å². The van der Waals surface area contributed by atoms with E-state index in [9.17, 15) is 0 Å². The van der Waals surface area contributed by atoms with Gasteiger partial charge in [-0.3, -0.25) is 0 Å². The van der Waals surface area contributed by atoms with E-state index in [0.29, 0.717) is 0 Å². The Hall–Kier alpha value is -3.64. The molecule has 0 saturated heterocycles. The molecule has 0 saturated carbocycles. The average Bonchev–Trinajstić information content (AvgIpc) is 3.17. The van der Waals surface area contributed by atoms with E-state index in [4.69, 9.17) is 0 Å². The molecule has 136 valence electrons. The van der Waals surface area contributed by atoms with Crippen molar-refractivity contribution in [1.82, 2.24) is 0 Å². The first-order valence-electron chi connectivity index (χ1n) is 10.2. The lowest BCUT2D eigenvalue weighted by molar-refractivity contribution is 1.08. The number of fused-ring (bicyclic) bond motifs is 3. The number of hydrogen-bond acceptors (Lipinski definition) is 0. The van der Waals surface area contributed by atoms with Gasteiger partial charge in [0.25, 0.3) is 0 Å². The van der Waals surface area contributed by atoms with Crippen molar-refractivity contribution in [1.29, 1.82) is 0 Å². The summed E-state index contributed by atoms with van der Waals surface area (Å²) in [6.45, 7) is 0. The second-order valence-corrected chi connectivity index (χ2v) is 7.76. The van der Waals surface area contributed by atoms with Crippen molar-refractivity contribution in [2.45, 2.75) is 5.92 Å². The van der Waals surface area contributed by atoms with Crippen LogP contribution in [-0.4, -0.2) is 0 Å². The van der Waals surface area contributed by atoms with Crippen molar-refractivity contribution in [2.24, 2.45) is 0 Å². The summed E-state index contributed by atoms with van der Waals surface area (Å²) in [5.74, 6) is 0.239. The normalized spacial score (nSPS) is 15.4. The minimum atomic E-state index is 0.239. The summed E-state index contributed by atoms with van der Waals surface area (Å²) >= 11 is 0. The van der Waals surface area contributed by atoms with E-state index >= 15 is 0 Å². The zero-order chi connectivity index (χ0) is 19.2. The van der Waals surface area contributed by atoms with Gasteiger partial charge in [0.05, 0.1) is 0 Å². The molecule has 0 N–H and O–H groups in total. The summed E-state index contributed by atoms with van der Waals surface area (Å²) in [4.78, 5) is 0. The lowest BCUT2D eigenvalue weighted by Gasteiger charge is -2.21. The molecule has 1 unspecified atom stereocenters. The van der Waals surface area contributed by atoms with E-state index in [1.54, 1.807) is 0 Å². The minimum absolute atomic E-state index is 0.239. The highest BCUT2D eigenvalue weighted by atomic mass is 14.3. The maximum absolute atomic E-state index is 2.39. The molecule has 0 heteroatoms. The Balaban J connectivity index is 1.66. The molecular weight excluding hydrogens is 348 g/mol. The molecule has 0 aromatic heterocycles. The molecule has 1 atom stereocenters. The van der Waals surface area contributed by atoms with Gasteiger partial charge in [0, 0.05) is 5.92 Å². The van der Waals surface area contributed by atoms with Gasteiger partial charge in [0.2, 0.25) is 0 Å². The second-order valence-electron chi connectivity index (χ2n) is 7.76. The number of hydrogen-bond donors (Lipinski definition) is 0. The molecule has 5 aromatic carbocycles. The highest BCUT2D eigenvalue weighted by Crippen LogP contribution is 2.48. The van der Waals surface area contributed by atoms with Crippen LogP contribution in [-0.2, 0) is 0 Å². The van der Waals surface area contributed by atoms with Gasteiger partial charge in [-0.15, -0.1) is 0 Å². The van der Waals surface area contributed by atoms with Gasteiger partial charge >= 0.3 is 0 Å². The fourth-order valence-corrected chi connectivity index (χ4v) is 4.87. The molecule has 0 fully saturated rings. The minimum Gasteiger partial charge on any atom is -0.0619 e. The largest absolute Gasteiger partial charge is 0.0619 e. The van der Waals surface area contributed by atoms with Crippen LogP contribution in [0.4, 0.5) is 0 Å². The topological polar surface area (TPSA) is 0 Å². The Morgan fingerprint density at radius 2 is 1.03 bits per heavy atom. The number of benzene rings is 5. The molecule has 5 aromatic rings. The zero-order valence-electron chi connectivity index (χ0n) is 16.0. The summed E-state index contributed by atoms with van der Waals surface area (Å²) in [5.41, 5.74) is 6.82. The highest BCUT2D eigenvalue weighted by Gasteiger charge is 2.29. The Kier molecular flexibility index (Phi) is 3.64. The van der Waals surface area contributed by atoms with Crippen molar-refractivity contribution in [2.75, 3.05) is 0 Å². The lowest BCUT2D eigenvalue weighted by Crippen LogP contribution is -2.02. The van der Waals surface area contributed by atoms with E-state index in [1.807, 2.05) is 0 Å². The maximum Gasteiger partial charge on any atom is 0.0358 e. The molecule has 0 aliphatic heterocycles. The molecule has 0 nitrogen and oxygen atoms in total. The Bertz CT molecular complexity index is 1390. The predicted octanol–water partition coefficient (Wildman–Crippen LogP) is 7.68. The molecule has 0 bridgehead atoms. The van der Waals surface area contributed by atoms with Crippen LogP contribution in [0.2, 0.25) is 0 Å². The number of rotatable bonds is 2. The van der Waals surface area contributed by atoms with E-state index in [-0.39, 0.29) is 5.92 Å². The Labute approximate surface area is 170 Å². The third-order valence-electron chi connectivity index (χ3n) is 6.16. The van der Waals surface area contributed by atoms with Crippen LogP contribution in [0.3, 0.4) is 0 Å². The molecular formula is C29H20. The van der Waals surface area contributed by atoms with Gasteiger partial charge in [-0.25, -0.2) is 0 Å². The molecule has 6 rings (SSSR count). The molecule has 0 heterocycles. The van der Waals surface area contributed by atoms with Crippen LogP contribution < -0.4 is 0 Å². The van der Waals surface area contributed by atoms with Crippen LogP contribution >= 0.6 is 0 Å². The molecule has 1 aliphatic rings. The van der Waals surface area contributed by atoms with Crippen LogP contribution in [0.15, 0.2) is 109 Å². The fraction of sp³-hybridized carbons (Fsp3) is 0.0345. The molecule has 1 aliphatic carbocycles. The van der Waals surface area contributed by atoms with Crippen molar-refractivity contribution in [3.8, 4) is 0 Å². The molecule has 0 spiro atoms. The van der Waals surface area contributed by atoms with Crippen LogP contribution in [0.5, 0.6) is 0 Å². The highest BCUT2D eigenvalue weighted by molar-refractivity contribution is 6.04. The summed E-state index contributed by atoms with van der Waals surface area (Å²) in [6, 6.07) is 39.6. The Morgan fingerprint density at radius 1 is 0.448 bits per heavy atom. The average molecular weight is 368 g/mol. The van der Waals surface area contributed by atoms with E-state index in [0.717, 1.165) is 0 Å². The third-order valence-corrected chi connectivity index (χ3v) is 6.16. The first kappa shape index (κ1) is 16.3. The van der Waals surface area contributed by atoms with Crippen LogP contribution in [0.25, 0.3) is 33.2 Å². The van der Waals surface area contributed by atoms with Crippen LogP contribution in [0, 0.1) is 0 Å². The first-order chi connectivity index (χ1) is 14.4. The standard InChI is InChI=1S/C29H20/c1-4-14-23-20(9-1)12-7-17-26(23)28-19-22-11-3-6-16-25(22)29(28)27-18-8-13-21-10-2-5-15-24(21)27/h1-19,29H. The maximum atomic E-state index is 2.39. The fourth-order valence-electron chi connectivity index (χ4n) is 4.87. The van der Waals surface area contributed by atoms with E-state index in [1.165, 1.54) is 49.4 Å². The molecule has 29 heavy (non-hydrogen) atoms. The van der Waals surface area contributed by atoms with Crippen molar-refractivity contribution in [3.05, 3.63) is 131 Å². The van der Waals surface area contributed by atoms with E-state index in [2.05, 4.69) is 115 Å². The predicted molar refractivity (Wildman–Crippen MR) is 124 cm³/mol. The van der Waals surface area contributed by atoms with Crippen molar-refractivity contribution < 1.29 is 0 Å². The Morgan fingerprint density at radius 3 is 1.90 bits per heavy atom. The van der Waals surface area contributed by atoms with Gasteiger partial charge in [-0.2, -0.15) is 0 Å². The lowest BCUT2D eigenvalue weighted by atomic mass is 9.82. The monoisotopic (exact) mass is 368 g/mol. The summed E-state index contributed by atoms with van der Waals surface area (Å²) < 4.78 is 0. The molecule has 0 radical (unpaired) electrons. The zero-order valence-corrected chi connectivity index (χ0v) is 16.0. The van der Waals surface area contributed by atoms with Gasteiger partial charge in [-0.05, 0) is 55.4 Å². The van der Waals surface area contributed by atoms with Gasteiger partial charge in [0.15, 0.2) is 0 Å². The van der Waals surface area contributed by atoms with Crippen molar-refractivity contribution in [3.63, 3.8) is 0 Å². The summed E-state index contributed by atoms with van der Waals surface area (Å²) in [6.07, 6.45) is 2.39. The van der Waals surface area contributed by atoms with E-state index < -0.39 is 0 Å². The van der Waals surface area contributed by atoms with Crippen molar-refractivity contribution >= 4 is 33.2 Å². The SMILES string of the molecule is C1=C(c2cccc3ccccc23)C(c2cccc3ccccc23)c2ccccc21. The van der Waals surface area contributed by atoms with Crippen LogP contribution in [0.1, 0.15) is 28.2 Å². The smallest absolute Gasteiger partial charge is 0.0358 e. The molecule has 0 amide bonds.